The minimum Gasteiger partial charge on any atom is -0.305 e. The van der Waals surface area contributed by atoms with Crippen LogP contribution >= 0.6 is 11.8 Å². The number of hydrogen-bond acceptors (Lipinski definition) is 5. The van der Waals surface area contributed by atoms with Crippen LogP contribution in [0, 0.1) is 0 Å². The molecule has 142 valence electrons. The summed E-state index contributed by atoms with van der Waals surface area (Å²) < 4.78 is 37.9. The van der Waals surface area contributed by atoms with Crippen molar-refractivity contribution in [2.75, 3.05) is 31.6 Å². The Kier molecular flexibility index (Phi) is 7.65. The van der Waals surface area contributed by atoms with Gasteiger partial charge in [-0.25, -0.2) is 4.68 Å². The number of carbonyl (C=O) groups is 1. The van der Waals surface area contributed by atoms with Gasteiger partial charge >= 0.3 is 6.18 Å². The van der Waals surface area contributed by atoms with Crippen LogP contribution in [0.1, 0.15) is 22.5 Å². The van der Waals surface area contributed by atoms with Gasteiger partial charge in [0.15, 0.2) is 6.29 Å². The van der Waals surface area contributed by atoms with Crippen molar-refractivity contribution in [3.63, 3.8) is 0 Å². The Labute approximate surface area is 154 Å². The van der Waals surface area contributed by atoms with Gasteiger partial charge in [-0.3, -0.25) is 9.78 Å². The van der Waals surface area contributed by atoms with Crippen LogP contribution in [0.3, 0.4) is 0 Å². The van der Waals surface area contributed by atoms with Gasteiger partial charge in [0.25, 0.3) is 0 Å². The molecule has 0 unspecified atom stereocenters. The number of halogens is 3. The summed E-state index contributed by atoms with van der Waals surface area (Å²) in [5.74, 6) is 0.722. The van der Waals surface area contributed by atoms with Gasteiger partial charge in [-0.05, 0) is 19.2 Å². The molecule has 2 aromatic rings. The van der Waals surface area contributed by atoms with Crippen LogP contribution in [0.2, 0.25) is 0 Å². The summed E-state index contributed by atoms with van der Waals surface area (Å²) in [7, 11) is 1.91. The fraction of sp³-hybridized carbons (Fsp3) is 0.471. The molecule has 0 bridgehead atoms. The van der Waals surface area contributed by atoms with Crippen molar-refractivity contribution in [3.05, 3.63) is 42.0 Å². The van der Waals surface area contributed by atoms with Gasteiger partial charge < -0.3 is 4.90 Å². The van der Waals surface area contributed by atoms with E-state index in [-0.39, 0.29) is 5.75 Å². The molecule has 0 radical (unpaired) electrons. The molecule has 0 aliphatic carbocycles. The van der Waals surface area contributed by atoms with Gasteiger partial charge in [-0.15, -0.1) is 0 Å². The second kappa shape index (κ2) is 9.72. The summed E-state index contributed by atoms with van der Waals surface area (Å²) in [6, 6.07) is 3.64. The van der Waals surface area contributed by atoms with Crippen LogP contribution in [0.5, 0.6) is 0 Å². The summed E-state index contributed by atoms with van der Waals surface area (Å²) in [5.41, 5.74) is 2.00. The van der Waals surface area contributed by atoms with E-state index < -0.39 is 12.6 Å². The standard InChI is InChI=1S/C17H21F3N4OS/c1-23(8-10-26-9-5-17(18,19)20)7-4-16-14(13-25)12-24(22-16)15-3-2-6-21-11-15/h2-3,6,11-13H,4-5,7-10H2,1H3. The highest BCUT2D eigenvalue weighted by atomic mass is 32.2. The molecular weight excluding hydrogens is 365 g/mol. The summed E-state index contributed by atoms with van der Waals surface area (Å²) in [5, 5.41) is 4.45. The van der Waals surface area contributed by atoms with Gasteiger partial charge in [-0.1, -0.05) is 0 Å². The largest absolute Gasteiger partial charge is 0.389 e. The first-order valence-corrected chi connectivity index (χ1v) is 9.31. The Morgan fingerprint density at radius 3 is 2.77 bits per heavy atom. The molecule has 5 nitrogen and oxygen atoms in total. The van der Waals surface area contributed by atoms with Crippen LogP contribution < -0.4 is 0 Å². The lowest BCUT2D eigenvalue weighted by atomic mass is 10.2. The van der Waals surface area contributed by atoms with Crippen molar-refractivity contribution >= 4 is 18.0 Å². The first kappa shape index (κ1) is 20.4. The van der Waals surface area contributed by atoms with Crippen LogP contribution in [0.25, 0.3) is 5.69 Å². The number of hydrogen-bond donors (Lipinski definition) is 0. The average molecular weight is 386 g/mol. The Morgan fingerprint density at radius 1 is 1.31 bits per heavy atom. The Morgan fingerprint density at radius 2 is 2.12 bits per heavy atom. The monoisotopic (exact) mass is 386 g/mol. The molecule has 0 atom stereocenters. The summed E-state index contributed by atoms with van der Waals surface area (Å²) >= 11 is 1.29. The van der Waals surface area contributed by atoms with Crippen molar-refractivity contribution in [1.29, 1.82) is 0 Å². The molecule has 0 N–H and O–H groups in total. The lowest BCUT2D eigenvalue weighted by Crippen LogP contribution is -2.24. The highest BCUT2D eigenvalue weighted by Gasteiger charge is 2.26. The molecule has 0 saturated carbocycles. The molecule has 0 aliphatic rings. The van der Waals surface area contributed by atoms with Crippen LogP contribution in [0.4, 0.5) is 13.2 Å². The first-order chi connectivity index (χ1) is 12.4. The van der Waals surface area contributed by atoms with Crippen LogP contribution in [0.15, 0.2) is 30.7 Å². The van der Waals surface area contributed by atoms with E-state index >= 15 is 0 Å². The molecule has 2 aromatic heterocycles. The highest BCUT2D eigenvalue weighted by Crippen LogP contribution is 2.21. The Bertz CT molecular complexity index is 691. The molecular formula is C17H21F3N4OS. The number of carbonyl (C=O) groups excluding carboxylic acids is 1. The van der Waals surface area contributed by atoms with Crippen LogP contribution in [-0.4, -0.2) is 63.8 Å². The third-order valence-corrected chi connectivity index (χ3v) is 4.70. The molecule has 2 rings (SSSR count). The van der Waals surface area contributed by atoms with E-state index in [1.165, 1.54) is 11.8 Å². The maximum atomic E-state index is 12.1. The summed E-state index contributed by atoms with van der Waals surface area (Å²) in [6.07, 6.45) is 1.53. The zero-order chi connectivity index (χ0) is 19.0. The number of thioether (sulfide) groups is 1. The first-order valence-electron chi connectivity index (χ1n) is 8.16. The molecule has 0 aromatic carbocycles. The number of aromatic nitrogens is 3. The maximum Gasteiger partial charge on any atom is 0.389 e. The quantitative estimate of drug-likeness (QED) is 0.464. The topological polar surface area (TPSA) is 51.0 Å². The van der Waals surface area contributed by atoms with Crippen molar-refractivity contribution in [2.45, 2.75) is 19.0 Å². The average Bonchev–Trinajstić information content (AvgIpc) is 3.03. The summed E-state index contributed by atoms with van der Waals surface area (Å²) in [6.45, 7) is 1.35. The molecule has 9 heteroatoms. The normalized spacial score (nSPS) is 11.9. The molecule has 0 amide bonds. The highest BCUT2D eigenvalue weighted by molar-refractivity contribution is 7.99. The minimum absolute atomic E-state index is 0.0855. The minimum atomic E-state index is -4.09. The molecule has 0 saturated heterocycles. The maximum absolute atomic E-state index is 12.1. The SMILES string of the molecule is CN(CCSCCC(F)(F)F)CCc1nn(-c2cccnc2)cc1C=O. The molecule has 0 spiro atoms. The van der Waals surface area contributed by atoms with Crippen molar-refractivity contribution in [2.24, 2.45) is 0 Å². The Hall–Kier alpha value is -1.87. The number of alkyl halides is 3. The van der Waals surface area contributed by atoms with E-state index in [9.17, 15) is 18.0 Å². The molecule has 0 aliphatic heterocycles. The zero-order valence-corrected chi connectivity index (χ0v) is 15.3. The number of pyridine rings is 1. The van der Waals surface area contributed by atoms with Gasteiger partial charge in [-0.2, -0.15) is 30.0 Å². The number of aldehydes is 1. The molecule has 0 fully saturated rings. The fourth-order valence-corrected chi connectivity index (χ4v) is 3.28. The van der Waals surface area contributed by atoms with Crippen molar-refractivity contribution < 1.29 is 18.0 Å². The third-order valence-electron chi connectivity index (χ3n) is 3.74. The second-order valence-electron chi connectivity index (χ2n) is 5.84. The molecule has 2 heterocycles. The predicted octanol–water partition coefficient (Wildman–Crippen LogP) is 3.24. The van der Waals surface area contributed by atoms with E-state index in [0.29, 0.717) is 36.5 Å². The lowest BCUT2D eigenvalue weighted by Gasteiger charge is -2.15. The summed E-state index contributed by atoms with van der Waals surface area (Å²) in [4.78, 5) is 17.3. The van der Waals surface area contributed by atoms with Gasteiger partial charge in [0.1, 0.15) is 0 Å². The smallest absolute Gasteiger partial charge is 0.305 e. The van der Waals surface area contributed by atoms with E-state index in [1.807, 2.05) is 18.0 Å². The lowest BCUT2D eigenvalue weighted by molar-refractivity contribution is -0.129. The van der Waals surface area contributed by atoms with E-state index in [2.05, 4.69) is 10.1 Å². The van der Waals surface area contributed by atoms with Crippen LogP contribution in [-0.2, 0) is 6.42 Å². The Balaban J connectivity index is 1.79. The number of nitrogens with zero attached hydrogens (tertiary/aromatic N) is 4. The number of rotatable bonds is 10. The van der Waals surface area contributed by atoms with Gasteiger partial charge in [0.2, 0.25) is 0 Å². The van der Waals surface area contributed by atoms with E-state index in [0.717, 1.165) is 12.0 Å². The van der Waals surface area contributed by atoms with Gasteiger partial charge in [0, 0.05) is 43.4 Å². The van der Waals surface area contributed by atoms with E-state index in [4.69, 9.17) is 0 Å². The molecule has 26 heavy (non-hydrogen) atoms. The van der Waals surface area contributed by atoms with Gasteiger partial charge in [0.05, 0.1) is 29.6 Å². The number of likely N-dealkylation sites (N-methyl/N-ethyl adjacent to an activating group) is 1. The third kappa shape index (κ3) is 6.80. The zero-order valence-electron chi connectivity index (χ0n) is 14.4. The predicted molar refractivity (Wildman–Crippen MR) is 95.9 cm³/mol. The fourth-order valence-electron chi connectivity index (χ4n) is 2.26. The van der Waals surface area contributed by atoms with E-state index in [1.54, 1.807) is 29.3 Å². The van der Waals surface area contributed by atoms with Crippen molar-refractivity contribution in [1.82, 2.24) is 19.7 Å². The second-order valence-corrected chi connectivity index (χ2v) is 7.06. The van der Waals surface area contributed by atoms with Crippen molar-refractivity contribution in [3.8, 4) is 5.69 Å².